The standard InChI is InChI=1S/C13H11IO2/c14-11-2-1-3-13(8-11)16-9-10-4-6-12(15)7-5-10/h1-8,15H,9H2. The van der Waals surface area contributed by atoms with E-state index in [4.69, 9.17) is 9.84 Å². The van der Waals surface area contributed by atoms with Crippen LogP contribution in [-0.4, -0.2) is 5.11 Å². The highest BCUT2D eigenvalue weighted by atomic mass is 127. The van der Waals surface area contributed by atoms with Gasteiger partial charge in [0.25, 0.3) is 0 Å². The van der Waals surface area contributed by atoms with Gasteiger partial charge in [0.05, 0.1) is 0 Å². The van der Waals surface area contributed by atoms with Gasteiger partial charge in [0.1, 0.15) is 18.1 Å². The summed E-state index contributed by atoms with van der Waals surface area (Å²) < 4.78 is 6.78. The van der Waals surface area contributed by atoms with Crippen LogP contribution in [0.2, 0.25) is 0 Å². The lowest BCUT2D eigenvalue weighted by molar-refractivity contribution is 0.306. The second-order valence-corrected chi connectivity index (χ2v) is 4.66. The Kier molecular flexibility index (Phi) is 3.66. The van der Waals surface area contributed by atoms with Gasteiger partial charge in [0.2, 0.25) is 0 Å². The lowest BCUT2D eigenvalue weighted by Crippen LogP contribution is -1.94. The first kappa shape index (κ1) is 11.3. The molecule has 0 heterocycles. The van der Waals surface area contributed by atoms with Crippen molar-refractivity contribution in [1.82, 2.24) is 0 Å². The van der Waals surface area contributed by atoms with E-state index in [1.807, 2.05) is 36.4 Å². The Balaban J connectivity index is 1.99. The van der Waals surface area contributed by atoms with Gasteiger partial charge in [0, 0.05) is 3.57 Å². The second-order valence-electron chi connectivity index (χ2n) is 3.41. The van der Waals surface area contributed by atoms with Crippen LogP contribution in [0.3, 0.4) is 0 Å². The van der Waals surface area contributed by atoms with Gasteiger partial charge in [-0.25, -0.2) is 0 Å². The first-order valence-corrected chi connectivity index (χ1v) is 5.98. The third-order valence-corrected chi connectivity index (χ3v) is 2.81. The molecule has 2 rings (SSSR count). The smallest absolute Gasteiger partial charge is 0.120 e. The molecule has 3 heteroatoms. The van der Waals surface area contributed by atoms with E-state index >= 15 is 0 Å². The summed E-state index contributed by atoms with van der Waals surface area (Å²) in [5, 5.41) is 9.14. The lowest BCUT2D eigenvalue weighted by atomic mass is 10.2. The molecule has 2 nitrogen and oxygen atoms in total. The monoisotopic (exact) mass is 326 g/mol. The number of halogens is 1. The van der Waals surface area contributed by atoms with E-state index in [-0.39, 0.29) is 5.75 Å². The number of rotatable bonds is 3. The van der Waals surface area contributed by atoms with Crippen LogP contribution in [0.4, 0.5) is 0 Å². The molecule has 0 aliphatic carbocycles. The molecule has 2 aromatic rings. The van der Waals surface area contributed by atoms with Crippen LogP contribution < -0.4 is 4.74 Å². The molecule has 0 unspecified atom stereocenters. The van der Waals surface area contributed by atoms with Gasteiger partial charge < -0.3 is 9.84 Å². The lowest BCUT2D eigenvalue weighted by Gasteiger charge is -2.06. The number of hydrogen-bond acceptors (Lipinski definition) is 2. The number of hydrogen-bond donors (Lipinski definition) is 1. The summed E-state index contributed by atoms with van der Waals surface area (Å²) in [7, 11) is 0. The largest absolute Gasteiger partial charge is 0.508 e. The molecule has 0 atom stereocenters. The third kappa shape index (κ3) is 3.13. The first-order valence-electron chi connectivity index (χ1n) is 4.90. The van der Waals surface area contributed by atoms with Crippen LogP contribution in [0, 0.1) is 3.57 Å². The van der Waals surface area contributed by atoms with Crippen LogP contribution in [-0.2, 0) is 6.61 Å². The Bertz CT molecular complexity index is 466. The minimum absolute atomic E-state index is 0.276. The zero-order valence-corrected chi connectivity index (χ0v) is 10.7. The van der Waals surface area contributed by atoms with E-state index < -0.39 is 0 Å². The molecule has 0 amide bonds. The van der Waals surface area contributed by atoms with Gasteiger partial charge in [-0.2, -0.15) is 0 Å². The molecule has 0 aliphatic rings. The molecule has 2 aromatic carbocycles. The maximum atomic E-state index is 9.14. The number of benzene rings is 2. The zero-order chi connectivity index (χ0) is 11.4. The molecule has 0 spiro atoms. The topological polar surface area (TPSA) is 29.5 Å². The van der Waals surface area contributed by atoms with Gasteiger partial charge in [-0.15, -0.1) is 0 Å². The Morgan fingerprint density at radius 2 is 1.81 bits per heavy atom. The predicted octanol–water partition coefficient (Wildman–Crippen LogP) is 3.58. The second kappa shape index (κ2) is 5.21. The summed E-state index contributed by atoms with van der Waals surface area (Å²) in [5.74, 6) is 1.14. The molecule has 16 heavy (non-hydrogen) atoms. The maximum absolute atomic E-state index is 9.14. The van der Waals surface area contributed by atoms with E-state index in [1.54, 1.807) is 12.1 Å². The zero-order valence-electron chi connectivity index (χ0n) is 8.56. The van der Waals surface area contributed by atoms with Crippen molar-refractivity contribution in [2.45, 2.75) is 6.61 Å². The van der Waals surface area contributed by atoms with Crippen molar-refractivity contribution in [3.63, 3.8) is 0 Å². The molecular formula is C13H11IO2. The van der Waals surface area contributed by atoms with Crippen LogP contribution in [0.5, 0.6) is 11.5 Å². The molecule has 0 aromatic heterocycles. The first-order chi connectivity index (χ1) is 7.74. The average molecular weight is 326 g/mol. The number of phenols is 1. The predicted molar refractivity (Wildman–Crippen MR) is 71.6 cm³/mol. The molecule has 0 saturated heterocycles. The normalized spacial score (nSPS) is 10.1. The molecule has 0 aliphatic heterocycles. The van der Waals surface area contributed by atoms with Gasteiger partial charge in [-0.05, 0) is 58.5 Å². The maximum Gasteiger partial charge on any atom is 0.120 e. The van der Waals surface area contributed by atoms with Crippen molar-refractivity contribution in [2.75, 3.05) is 0 Å². The minimum atomic E-state index is 0.276. The minimum Gasteiger partial charge on any atom is -0.508 e. The van der Waals surface area contributed by atoms with E-state index in [1.165, 1.54) is 0 Å². The molecule has 0 bridgehead atoms. The van der Waals surface area contributed by atoms with E-state index in [0.717, 1.165) is 14.9 Å². The van der Waals surface area contributed by atoms with Gasteiger partial charge in [0.15, 0.2) is 0 Å². The fraction of sp³-hybridized carbons (Fsp3) is 0.0769. The van der Waals surface area contributed by atoms with Crippen molar-refractivity contribution in [1.29, 1.82) is 0 Å². The molecule has 82 valence electrons. The number of ether oxygens (including phenoxy) is 1. The summed E-state index contributed by atoms with van der Waals surface area (Å²) >= 11 is 2.25. The van der Waals surface area contributed by atoms with Crippen molar-refractivity contribution >= 4 is 22.6 Å². The number of phenolic OH excluding ortho intramolecular Hbond substituents is 1. The van der Waals surface area contributed by atoms with Gasteiger partial charge in [-0.3, -0.25) is 0 Å². The van der Waals surface area contributed by atoms with Crippen LogP contribution in [0.1, 0.15) is 5.56 Å². The van der Waals surface area contributed by atoms with E-state index in [0.29, 0.717) is 6.61 Å². The van der Waals surface area contributed by atoms with Gasteiger partial charge in [-0.1, -0.05) is 18.2 Å². The fourth-order valence-corrected chi connectivity index (χ4v) is 1.83. The quantitative estimate of drug-likeness (QED) is 0.874. The number of aromatic hydroxyl groups is 1. The van der Waals surface area contributed by atoms with Gasteiger partial charge >= 0.3 is 0 Å². The SMILES string of the molecule is Oc1ccc(COc2cccc(I)c2)cc1. The highest BCUT2D eigenvalue weighted by molar-refractivity contribution is 14.1. The van der Waals surface area contributed by atoms with Crippen molar-refractivity contribution in [2.24, 2.45) is 0 Å². The Hall–Kier alpha value is -1.23. The highest BCUT2D eigenvalue weighted by Gasteiger charge is 1.96. The summed E-state index contributed by atoms with van der Waals surface area (Å²) in [4.78, 5) is 0. The average Bonchev–Trinajstić information content (AvgIpc) is 2.28. The van der Waals surface area contributed by atoms with Crippen LogP contribution in [0.25, 0.3) is 0 Å². The summed E-state index contributed by atoms with van der Waals surface area (Å²) in [6.45, 7) is 0.514. The Morgan fingerprint density at radius 3 is 2.50 bits per heavy atom. The Morgan fingerprint density at radius 1 is 1.06 bits per heavy atom. The summed E-state index contributed by atoms with van der Waals surface area (Å²) in [6.07, 6.45) is 0. The van der Waals surface area contributed by atoms with Crippen molar-refractivity contribution < 1.29 is 9.84 Å². The third-order valence-electron chi connectivity index (χ3n) is 2.14. The van der Waals surface area contributed by atoms with E-state index in [9.17, 15) is 0 Å². The summed E-state index contributed by atoms with van der Waals surface area (Å²) in [6, 6.07) is 14.9. The highest BCUT2D eigenvalue weighted by Crippen LogP contribution is 2.17. The molecule has 0 fully saturated rings. The van der Waals surface area contributed by atoms with Crippen LogP contribution >= 0.6 is 22.6 Å². The molecule has 0 saturated carbocycles. The molecular weight excluding hydrogens is 315 g/mol. The fourth-order valence-electron chi connectivity index (χ4n) is 1.32. The molecule has 0 radical (unpaired) electrons. The van der Waals surface area contributed by atoms with Crippen molar-refractivity contribution in [3.8, 4) is 11.5 Å². The Labute approximate surface area is 108 Å². The molecule has 1 N–H and O–H groups in total. The summed E-state index contributed by atoms with van der Waals surface area (Å²) in [5.41, 5.74) is 1.04. The van der Waals surface area contributed by atoms with Crippen molar-refractivity contribution in [3.05, 3.63) is 57.7 Å². The van der Waals surface area contributed by atoms with E-state index in [2.05, 4.69) is 22.6 Å². The van der Waals surface area contributed by atoms with Crippen LogP contribution in [0.15, 0.2) is 48.5 Å².